The Morgan fingerprint density at radius 2 is 2.29 bits per heavy atom. The van der Waals surface area contributed by atoms with Crippen LogP contribution in [-0.4, -0.2) is 16.4 Å². The van der Waals surface area contributed by atoms with Crippen molar-refractivity contribution in [2.45, 2.75) is 6.23 Å². The van der Waals surface area contributed by atoms with E-state index < -0.39 is 11.3 Å². The zero-order valence-electron chi connectivity index (χ0n) is 3.24. The van der Waals surface area contributed by atoms with Crippen molar-refractivity contribution in [2.24, 2.45) is 5.18 Å². The number of carbonyl (C=O) groups is 1. The van der Waals surface area contributed by atoms with Crippen LogP contribution in [-0.2, 0) is 4.79 Å². The van der Waals surface area contributed by atoms with Crippen LogP contribution in [0.5, 0.6) is 0 Å². The Kier molecular flexibility index (Phi) is 2.54. The molecule has 0 aromatic heterocycles. The molecule has 0 aromatic rings. The maximum atomic E-state index is 9.70. The first-order chi connectivity index (χ1) is 3.18. The summed E-state index contributed by atoms with van der Waals surface area (Å²) in [6.45, 7) is 0. The van der Waals surface area contributed by atoms with Crippen LogP contribution >= 0.6 is 12.6 Å². The standard InChI is InChI=1S/C2H3NO3S/c4-1(3-6)2(5)7/h1,4H,(H,5,7)/t1-/m0/s1. The number of hydrogen-bond donors (Lipinski definition) is 2. The first kappa shape index (κ1) is 6.58. The van der Waals surface area contributed by atoms with Crippen LogP contribution < -0.4 is 0 Å². The molecule has 1 atom stereocenters. The second-order valence-electron chi connectivity index (χ2n) is 0.817. The van der Waals surface area contributed by atoms with Crippen LogP contribution in [0.4, 0.5) is 0 Å². The van der Waals surface area contributed by atoms with Crippen LogP contribution in [0.3, 0.4) is 0 Å². The third-order valence-corrected chi connectivity index (χ3v) is 0.552. The van der Waals surface area contributed by atoms with Gasteiger partial charge in [0, 0.05) is 0 Å². The van der Waals surface area contributed by atoms with Gasteiger partial charge in [0.2, 0.25) is 5.12 Å². The summed E-state index contributed by atoms with van der Waals surface area (Å²) in [5, 5.41) is 9.06. The Morgan fingerprint density at radius 3 is 2.29 bits per heavy atom. The summed E-state index contributed by atoms with van der Waals surface area (Å²) in [6, 6.07) is 0. The quantitative estimate of drug-likeness (QED) is 0.383. The van der Waals surface area contributed by atoms with Crippen molar-refractivity contribution in [3.63, 3.8) is 0 Å². The summed E-state index contributed by atoms with van der Waals surface area (Å²) < 4.78 is 0. The van der Waals surface area contributed by atoms with Gasteiger partial charge in [0.05, 0.1) is 0 Å². The zero-order chi connectivity index (χ0) is 5.86. The van der Waals surface area contributed by atoms with Crippen molar-refractivity contribution in [2.75, 3.05) is 0 Å². The maximum Gasteiger partial charge on any atom is 0.256 e. The predicted octanol–water partition coefficient (Wildman–Crippen LogP) is -0.472. The Labute approximate surface area is 44.9 Å². The van der Waals surface area contributed by atoms with E-state index in [9.17, 15) is 9.70 Å². The van der Waals surface area contributed by atoms with Gasteiger partial charge in [0.25, 0.3) is 6.23 Å². The SMILES string of the molecule is O=N[C@@H](O)C(=O)S. The smallest absolute Gasteiger partial charge is 0.256 e. The van der Waals surface area contributed by atoms with Crippen LogP contribution in [0, 0.1) is 4.91 Å². The minimum absolute atomic E-state index is 0.935. The molecule has 5 heteroatoms. The molecule has 7 heavy (non-hydrogen) atoms. The van der Waals surface area contributed by atoms with Crippen molar-refractivity contribution < 1.29 is 9.90 Å². The fraction of sp³-hybridized carbons (Fsp3) is 0.500. The summed E-state index contributed by atoms with van der Waals surface area (Å²) in [5.74, 6) is 0. The molecule has 0 bridgehead atoms. The molecule has 0 heterocycles. The van der Waals surface area contributed by atoms with E-state index in [1.54, 1.807) is 0 Å². The van der Waals surface area contributed by atoms with Crippen LogP contribution in [0.25, 0.3) is 0 Å². The largest absolute Gasteiger partial charge is 0.362 e. The lowest BCUT2D eigenvalue weighted by atomic mass is 10.7. The predicted molar refractivity (Wildman–Crippen MR) is 25.8 cm³/mol. The monoisotopic (exact) mass is 121 g/mol. The van der Waals surface area contributed by atoms with E-state index in [1.807, 2.05) is 5.18 Å². The van der Waals surface area contributed by atoms with Gasteiger partial charge in [0.1, 0.15) is 0 Å². The van der Waals surface area contributed by atoms with Crippen LogP contribution in [0.1, 0.15) is 0 Å². The fourth-order valence-corrected chi connectivity index (χ4v) is 0.0922. The highest BCUT2D eigenvalue weighted by Crippen LogP contribution is 1.88. The number of aliphatic hydroxyl groups excluding tert-OH is 1. The molecular formula is C2H3NO3S. The minimum Gasteiger partial charge on any atom is -0.362 e. The number of nitrogens with zero attached hydrogens (tertiary/aromatic N) is 1. The van der Waals surface area contributed by atoms with Crippen LogP contribution in [0.2, 0.25) is 0 Å². The van der Waals surface area contributed by atoms with E-state index in [0.717, 1.165) is 0 Å². The van der Waals surface area contributed by atoms with Crippen molar-refractivity contribution in [3.8, 4) is 0 Å². The second-order valence-corrected chi connectivity index (χ2v) is 1.26. The first-order valence-corrected chi connectivity index (χ1v) is 1.86. The average molecular weight is 121 g/mol. The van der Waals surface area contributed by atoms with Crippen molar-refractivity contribution >= 4 is 17.7 Å². The number of nitroso groups, excluding NO2 is 1. The van der Waals surface area contributed by atoms with Crippen LogP contribution in [0.15, 0.2) is 5.18 Å². The zero-order valence-corrected chi connectivity index (χ0v) is 4.13. The Morgan fingerprint density at radius 1 is 1.86 bits per heavy atom. The molecule has 0 saturated heterocycles. The molecular weight excluding hydrogens is 118 g/mol. The first-order valence-electron chi connectivity index (χ1n) is 1.42. The number of thiol groups is 1. The lowest BCUT2D eigenvalue weighted by Gasteiger charge is -1.87. The molecule has 0 unspecified atom stereocenters. The highest BCUT2D eigenvalue weighted by molar-refractivity contribution is 7.96. The van der Waals surface area contributed by atoms with E-state index in [2.05, 4.69) is 12.6 Å². The number of rotatable bonds is 2. The van der Waals surface area contributed by atoms with Crippen molar-refractivity contribution in [3.05, 3.63) is 4.91 Å². The highest BCUT2D eigenvalue weighted by Gasteiger charge is 2.07. The Balaban J connectivity index is 3.55. The molecule has 0 amide bonds. The molecule has 4 nitrogen and oxygen atoms in total. The van der Waals surface area contributed by atoms with Gasteiger partial charge >= 0.3 is 0 Å². The van der Waals surface area contributed by atoms with E-state index in [-0.39, 0.29) is 0 Å². The highest BCUT2D eigenvalue weighted by atomic mass is 32.1. The van der Waals surface area contributed by atoms with Gasteiger partial charge in [-0.2, -0.15) is 0 Å². The molecule has 0 aliphatic rings. The topological polar surface area (TPSA) is 66.7 Å². The van der Waals surface area contributed by atoms with E-state index in [0.29, 0.717) is 0 Å². The summed E-state index contributed by atoms with van der Waals surface area (Å²) >= 11 is 3.09. The summed E-state index contributed by atoms with van der Waals surface area (Å²) in [7, 11) is 0. The van der Waals surface area contributed by atoms with Gasteiger partial charge in [0.15, 0.2) is 0 Å². The normalized spacial score (nSPS) is 12.9. The molecule has 0 saturated carbocycles. The van der Waals surface area contributed by atoms with Gasteiger partial charge in [-0.05, 0) is 5.18 Å². The molecule has 0 spiro atoms. The maximum absolute atomic E-state index is 9.70. The molecule has 0 radical (unpaired) electrons. The van der Waals surface area contributed by atoms with E-state index >= 15 is 0 Å². The second kappa shape index (κ2) is 2.70. The van der Waals surface area contributed by atoms with Crippen molar-refractivity contribution in [1.29, 1.82) is 0 Å². The molecule has 0 aromatic carbocycles. The Hall–Kier alpha value is -0.420. The van der Waals surface area contributed by atoms with Gasteiger partial charge in [-0.25, -0.2) is 0 Å². The molecule has 0 aliphatic heterocycles. The third-order valence-electron chi connectivity index (χ3n) is 0.321. The Bertz CT molecular complexity index is 92.9. The molecule has 1 N–H and O–H groups in total. The number of hydrogen-bond acceptors (Lipinski definition) is 4. The minimum atomic E-state index is -1.80. The molecule has 0 aliphatic carbocycles. The fourth-order valence-electron chi connectivity index (χ4n) is 0.0451. The third kappa shape index (κ3) is 2.30. The lowest BCUT2D eigenvalue weighted by molar-refractivity contribution is -0.117. The molecule has 40 valence electrons. The van der Waals surface area contributed by atoms with Gasteiger partial charge < -0.3 is 5.11 Å². The van der Waals surface area contributed by atoms with E-state index in [1.165, 1.54) is 0 Å². The number of carbonyl (C=O) groups excluding carboxylic acids is 1. The summed E-state index contributed by atoms with van der Waals surface area (Å²) in [5.41, 5.74) is 0. The van der Waals surface area contributed by atoms with Gasteiger partial charge in [-0.3, -0.25) is 4.79 Å². The average Bonchev–Trinajstić information content (AvgIpc) is 1.65. The van der Waals surface area contributed by atoms with Gasteiger partial charge in [-0.15, -0.1) is 17.5 Å². The van der Waals surface area contributed by atoms with E-state index in [4.69, 9.17) is 5.11 Å². The molecule has 0 fully saturated rings. The summed E-state index contributed by atoms with van der Waals surface area (Å²) in [4.78, 5) is 18.9. The van der Waals surface area contributed by atoms with Crippen molar-refractivity contribution in [1.82, 2.24) is 0 Å². The lowest BCUT2D eigenvalue weighted by Crippen LogP contribution is -2.09. The summed E-state index contributed by atoms with van der Waals surface area (Å²) in [6.07, 6.45) is -1.80. The van der Waals surface area contributed by atoms with Gasteiger partial charge in [-0.1, -0.05) is 0 Å². The number of aliphatic hydroxyl groups is 1. The molecule has 0 rings (SSSR count).